The third-order valence-electron chi connectivity index (χ3n) is 2.66. The van der Waals surface area contributed by atoms with Gasteiger partial charge in [-0.05, 0) is 13.3 Å². The van der Waals surface area contributed by atoms with Crippen LogP contribution in [0.5, 0.6) is 0 Å². The minimum absolute atomic E-state index is 0.524. The Balaban J connectivity index is 2.60. The number of carboxylic acid groups (broad SMARTS) is 1. The molecular weight excluding hydrogens is 206 g/mol. The summed E-state index contributed by atoms with van der Waals surface area (Å²) in [6, 6.07) is 0. The number of aryl methyl sites for hydroxylation is 1. The van der Waals surface area contributed by atoms with E-state index < -0.39 is 11.5 Å². The summed E-state index contributed by atoms with van der Waals surface area (Å²) in [5, 5.41) is 16.3. The molecule has 0 amide bonds. The number of carbonyl (C=O) groups is 1. The van der Waals surface area contributed by atoms with Gasteiger partial charge in [-0.15, -0.1) is 0 Å². The van der Waals surface area contributed by atoms with Crippen LogP contribution < -0.4 is 5.32 Å². The summed E-state index contributed by atoms with van der Waals surface area (Å²) in [7, 11) is 1.84. The van der Waals surface area contributed by atoms with Crippen LogP contribution in [0, 0.1) is 0 Å². The second kappa shape index (κ2) is 5.12. The number of rotatable bonds is 6. The van der Waals surface area contributed by atoms with Crippen molar-refractivity contribution in [2.75, 3.05) is 0 Å². The largest absolute Gasteiger partial charge is 0.480 e. The molecule has 0 bridgehead atoms. The minimum atomic E-state index is -0.857. The zero-order chi connectivity index (χ0) is 12.2. The van der Waals surface area contributed by atoms with Crippen LogP contribution in [-0.2, 0) is 18.4 Å². The van der Waals surface area contributed by atoms with Crippen molar-refractivity contribution in [1.82, 2.24) is 15.1 Å². The molecule has 1 rings (SSSR count). The second-order valence-corrected chi connectivity index (χ2v) is 4.26. The molecule has 0 aliphatic carbocycles. The van der Waals surface area contributed by atoms with Crippen LogP contribution in [0.3, 0.4) is 0 Å². The van der Waals surface area contributed by atoms with Gasteiger partial charge in [0.25, 0.3) is 0 Å². The zero-order valence-electron chi connectivity index (χ0n) is 10.0. The summed E-state index contributed by atoms with van der Waals surface area (Å²) >= 11 is 0. The SMILES string of the molecule is CCCC(C)(NCc1cnn(C)c1)C(=O)O. The molecule has 1 heterocycles. The quantitative estimate of drug-likeness (QED) is 0.762. The summed E-state index contributed by atoms with van der Waals surface area (Å²) in [5.41, 5.74) is 0.135. The molecule has 1 atom stereocenters. The average molecular weight is 225 g/mol. The lowest BCUT2D eigenvalue weighted by Crippen LogP contribution is -2.48. The lowest BCUT2D eigenvalue weighted by molar-refractivity contribution is -0.144. The maximum Gasteiger partial charge on any atom is 0.323 e. The summed E-state index contributed by atoms with van der Waals surface area (Å²) < 4.78 is 1.70. The van der Waals surface area contributed by atoms with Gasteiger partial charge in [-0.2, -0.15) is 5.10 Å². The normalized spacial score (nSPS) is 14.7. The third kappa shape index (κ3) is 3.06. The maximum atomic E-state index is 11.2. The standard InChI is InChI=1S/C11H19N3O2/c1-4-5-11(2,10(15)16)12-6-9-7-13-14(3)8-9/h7-8,12H,4-6H2,1-3H3,(H,15,16). The third-order valence-corrected chi connectivity index (χ3v) is 2.66. The van der Waals surface area contributed by atoms with Crippen molar-refractivity contribution >= 4 is 5.97 Å². The lowest BCUT2D eigenvalue weighted by atomic mass is 9.96. The topological polar surface area (TPSA) is 67.2 Å². The van der Waals surface area contributed by atoms with Crippen molar-refractivity contribution < 1.29 is 9.90 Å². The number of hydrogen-bond donors (Lipinski definition) is 2. The molecule has 5 heteroatoms. The number of aromatic nitrogens is 2. The first-order chi connectivity index (χ1) is 7.48. The van der Waals surface area contributed by atoms with Crippen molar-refractivity contribution in [3.63, 3.8) is 0 Å². The number of aliphatic carboxylic acids is 1. The molecule has 0 spiro atoms. The Labute approximate surface area is 95.5 Å². The number of carboxylic acids is 1. The van der Waals surface area contributed by atoms with Crippen LogP contribution in [0.15, 0.2) is 12.4 Å². The Morgan fingerprint density at radius 1 is 1.69 bits per heavy atom. The Bertz CT molecular complexity index is 362. The fourth-order valence-electron chi connectivity index (χ4n) is 1.63. The molecule has 0 aromatic carbocycles. The van der Waals surface area contributed by atoms with Crippen LogP contribution in [0.1, 0.15) is 32.3 Å². The van der Waals surface area contributed by atoms with Gasteiger partial charge in [-0.3, -0.25) is 14.8 Å². The number of nitrogens with zero attached hydrogens (tertiary/aromatic N) is 2. The van der Waals surface area contributed by atoms with Gasteiger partial charge in [0.1, 0.15) is 5.54 Å². The van der Waals surface area contributed by atoms with Gasteiger partial charge in [0, 0.05) is 25.4 Å². The molecule has 1 unspecified atom stereocenters. The van der Waals surface area contributed by atoms with E-state index in [1.165, 1.54) is 0 Å². The summed E-state index contributed by atoms with van der Waals surface area (Å²) in [6.07, 6.45) is 5.06. The van der Waals surface area contributed by atoms with E-state index in [0.29, 0.717) is 13.0 Å². The van der Waals surface area contributed by atoms with E-state index in [9.17, 15) is 4.79 Å². The van der Waals surface area contributed by atoms with Gasteiger partial charge in [0.2, 0.25) is 0 Å². The number of hydrogen-bond acceptors (Lipinski definition) is 3. The number of nitrogens with one attached hydrogen (secondary N) is 1. The highest BCUT2D eigenvalue weighted by Gasteiger charge is 2.31. The Morgan fingerprint density at radius 2 is 2.38 bits per heavy atom. The van der Waals surface area contributed by atoms with Crippen molar-refractivity contribution in [3.8, 4) is 0 Å². The zero-order valence-corrected chi connectivity index (χ0v) is 10.0. The van der Waals surface area contributed by atoms with Crippen LogP contribution >= 0.6 is 0 Å². The van der Waals surface area contributed by atoms with E-state index in [1.807, 2.05) is 20.2 Å². The molecule has 0 radical (unpaired) electrons. The Kier molecular flexibility index (Phi) is 4.06. The van der Waals surface area contributed by atoms with Crippen LogP contribution in [-0.4, -0.2) is 26.4 Å². The second-order valence-electron chi connectivity index (χ2n) is 4.26. The highest BCUT2D eigenvalue weighted by atomic mass is 16.4. The lowest BCUT2D eigenvalue weighted by Gasteiger charge is -2.25. The van der Waals surface area contributed by atoms with Crippen molar-refractivity contribution in [3.05, 3.63) is 18.0 Å². The molecule has 0 saturated carbocycles. The fraction of sp³-hybridized carbons (Fsp3) is 0.636. The molecule has 16 heavy (non-hydrogen) atoms. The van der Waals surface area contributed by atoms with E-state index in [4.69, 9.17) is 5.11 Å². The molecule has 0 aliphatic rings. The molecule has 1 aromatic heterocycles. The predicted octanol–water partition coefficient (Wildman–Crippen LogP) is 1.15. The van der Waals surface area contributed by atoms with Crippen molar-refractivity contribution in [2.24, 2.45) is 7.05 Å². The first-order valence-corrected chi connectivity index (χ1v) is 5.44. The molecule has 5 nitrogen and oxygen atoms in total. The molecule has 0 fully saturated rings. The van der Waals surface area contributed by atoms with Gasteiger partial charge in [-0.1, -0.05) is 13.3 Å². The maximum absolute atomic E-state index is 11.2. The van der Waals surface area contributed by atoms with E-state index in [0.717, 1.165) is 12.0 Å². The van der Waals surface area contributed by atoms with E-state index >= 15 is 0 Å². The van der Waals surface area contributed by atoms with Crippen LogP contribution in [0.4, 0.5) is 0 Å². The highest BCUT2D eigenvalue weighted by Crippen LogP contribution is 2.13. The smallest absolute Gasteiger partial charge is 0.323 e. The predicted molar refractivity (Wildman–Crippen MR) is 61.0 cm³/mol. The van der Waals surface area contributed by atoms with Gasteiger partial charge >= 0.3 is 5.97 Å². The van der Waals surface area contributed by atoms with E-state index in [-0.39, 0.29) is 0 Å². The molecule has 2 N–H and O–H groups in total. The molecule has 1 aromatic rings. The van der Waals surface area contributed by atoms with Gasteiger partial charge in [0.05, 0.1) is 6.20 Å². The summed E-state index contributed by atoms with van der Waals surface area (Å²) in [6.45, 7) is 4.22. The molecular formula is C11H19N3O2. The molecule has 0 aliphatic heterocycles. The Morgan fingerprint density at radius 3 is 2.81 bits per heavy atom. The average Bonchev–Trinajstić information content (AvgIpc) is 2.61. The van der Waals surface area contributed by atoms with E-state index in [2.05, 4.69) is 10.4 Å². The van der Waals surface area contributed by atoms with Gasteiger partial charge in [-0.25, -0.2) is 0 Å². The van der Waals surface area contributed by atoms with Crippen LogP contribution in [0.25, 0.3) is 0 Å². The van der Waals surface area contributed by atoms with Crippen LogP contribution in [0.2, 0.25) is 0 Å². The molecule has 0 saturated heterocycles. The van der Waals surface area contributed by atoms with E-state index in [1.54, 1.807) is 17.8 Å². The molecule has 90 valence electrons. The highest BCUT2D eigenvalue weighted by molar-refractivity contribution is 5.78. The Hall–Kier alpha value is -1.36. The van der Waals surface area contributed by atoms with Gasteiger partial charge in [0.15, 0.2) is 0 Å². The fourth-order valence-corrected chi connectivity index (χ4v) is 1.63. The van der Waals surface area contributed by atoms with Crippen molar-refractivity contribution in [1.29, 1.82) is 0 Å². The van der Waals surface area contributed by atoms with Crippen molar-refractivity contribution in [2.45, 2.75) is 38.8 Å². The minimum Gasteiger partial charge on any atom is -0.480 e. The van der Waals surface area contributed by atoms with Gasteiger partial charge < -0.3 is 5.11 Å². The first-order valence-electron chi connectivity index (χ1n) is 5.44. The first kappa shape index (κ1) is 12.7. The monoisotopic (exact) mass is 225 g/mol. The summed E-state index contributed by atoms with van der Waals surface area (Å²) in [4.78, 5) is 11.2. The summed E-state index contributed by atoms with van der Waals surface area (Å²) in [5.74, 6) is -0.807.